The molecule has 0 bridgehead atoms. The maximum atomic E-state index is 12.9. The van der Waals surface area contributed by atoms with E-state index in [1.54, 1.807) is 24.3 Å². The van der Waals surface area contributed by atoms with Crippen molar-refractivity contribution in [3.05, 3.63) is 71.3 Å². The van der Waals surface area contributed by atoms with Crippen molar-refractivity contribution in [1.29, 1.82) is 0 Å². The van der Waals surface area contributed by atoms with Gasteiger partial charge in [0.15, 0.2) is 6.61 Å². The predicted molar refractivity (Wildman–Crippen MR) is 120 cm³/mol. The van der Waals surface area contributed by atoms with Gasteiger partial charge in [-0.05, 0) is 30.0 Å². The summed E-state index contributed by atoms with van der Waals surface area (Å²) in [4.78, 5) is 52.2. The maximum Gasteiger partial charge on any atom is 0.329 e. The highest BCUT2D eigenvalue weighted by molar-refractivity contribution is 6.22. The van der Waals surface area contributed by atoms with Crippen LogP contribution >= 0.6 is 0 Å². The summed E-state index contributed by atoms with van der Waals surface area (Å²) in [5.41, 5.74) is 2.26. The molecule has 0 saturated carbocycles. The minimum atomic E-state index is -1.10. The molecule has 2 heterocycles. The number of carbonyl (C=O) groups excluding carboxylic acids is 4. The minimum absolute atomic E-state index is 0.0131. The van der Waals surface area contributed by atoms with E-state index >= 15 is 0 Å². The number of imide groups is 1. The summed E-state index contributed by atoms with van der Waals surface area (Å²) in [6.07, 6.45) is 0.841. The lowest BCUT2D eigenvalue weighted by molar-refractivity contribution is -0.155. The largest absolute Gasteiger partial charge is 0.454 e. The standard InChI is InChI=1S/C25H25N3O5/c1-16(2)14-21(28-23(30)18-10-6-7-11-19(18)24(28)31)25(32)33-15-22(29)27-13-12-20(26-27)17-8-4-3-5-9-17/h3-11,16,21H,12-15H2,1-2H3/t21-/m1/s1. The van der Waals surface area contributed by atoms with E-state index < -0.39 is 36.3 Å². The van der Waals surface area contributed by atoms with Crippen LogP contribution in [0, 0.1) is 5.92 Å². The Kier molecular flexibility index (Phi) is 6.35. The maximum absolute atomic E-state index is 12.9. The average molecular weight is 447 g/mol. The van der Waals surface area contributed by atoms with Crippen molar-refractivity contribution in [1.82, 2.24) is 9.91 Å². The molecule has 2 aliphatic heterocycles. The molecule has 2 aromatic rings. The van der Waals surface area contributed by atoms with Gasteiger partial charge in [0.25, 0.3) is 17.7 Å². The van der Waals surface area contributed by atoms with Gasteiger partial charge in [-0.25, -0.2) is 9.80 Å². The van der Waals surface area contributed by atoms with Crippen molar-refractivity contribution in [3.63, 3.8) is 0 Å². The normalized spacial score (nSPS) is 16.2. The Balaban J connectivity index is 1.43. The summed E-state index contributed by atoms with van der Waals surface area (Å²) in [5, 5.41) is 5.64. The number of carbonyl (C=O) groups is 4. The lowest BCUT2D eigenvalue weighted by atomic mass is 10.0. The highest BCUT2D eigenvalue weighted by Gasteiger charge is 2.43. The highest BCUT2D eigenvalue weighted by atomic mass is 16.5. The van der Waals surface area contributed by atoms with E-state index in [0.717, 1.165) is 16.2 Å². The van der Waals surface area contributed by atoms with Crippen LogP contribution in [0.2, 0.25) is 0 Å². The van der Waals surface area contributed by atoms with Gasteiger partial charge in [0, 0.05) is 6.42 Å². The number of rotatable bonds is 7. The number of fused-ring (bicyclic) bond motifs is 1. The van der Waals surface area contributed by atoms with Crippen molar-refractivity contribution in [2.75, 3.05) is 13.2 Å². The van der Waals surface area contributed by atoms with Gasteiger partial charge in [-0.15, -0.1) is 0 Å². The lowest BCUT2D eigenvalue weighted by Gasteiger charge is -2.26. The Morgan fingerprint density at radius 3 is 2.18 bits per heavy atom. The Labute approximate surface area is 191 Å². The third kappa shape index (κ3) is 4.55. The van der Waals surface area contributed by atoms with Gasteiger partial charge < -0.3 is 4.74 Å². The number of hydrazone groups is 1. The molecule has 0 radical (unpaired) electrons. The molecule has 2 aliphatic rings. The van der Waals surface area contributed by atoms with Crippen molar-refractivity contribution in [3.8, 4) is 0 Å². The molecule has 0 aromatic heterocycles. The van der Waals surface area contributed by atoms with Crippen molar-refractivity contribution < 1.29 is 23.9 Å². The van der Waals surface area contributed by atoms with Crippen LogP contribution in [0.1, 0.15) is 53.0 Å². The van der Waals surface area contributed by atoms with E-state index in [1.165, 1.54) is 5.01 Å². The molecule has 3 amide bonds. The van der Waals surface area contributed by atoms with Crippen LogP contribution in [-0.4, -0.2) is 58.5 Å². The molecule has 4 rings (SSSR count). The summed E-state index contributed by atoms with van der Waals surface area (Å²) < 4.78 is 5.28. The quantitative estimate of drug-likeness (QED) is 0.480. The van der Waals surface area contributed by atoms with Crippen LogP contribution < -0.4 is 0 Å². The number of benzene rings is 2. The summed E-state index contributed by atoms with van der Waals surface area (Å²) in [5.74, 6) is -2.28. The number of hydrogen-bond acceptors (Lipinski definition) is 6. The third-order valence-corrected chi connectivity index (χ3v) is 5.64. The molecule has 2 aromatic carbocycles. The fourth-order valence-electron chi connectivity index (χ4n) is 4.02. The summed E-state index contributed by atoms with van der Waals surface area (Å²) >= 11 is 0. The predicted octanol–water partition coefficient (Wildman–Crippen LogP) is 2.88. The number of esters is 1. The van der Waals surface area contributed by atoms with E-state index in [1.807, 2.05) is 44.2 Å². The van der Waals surface area contributed by atoms with Gasteiger partial charge in [0.1, 0.15) is 6.04 Å². The molecule has 1 atom stereocenters. The van der Waals surface area contributed by atoms with Crippen molar-refractivity contribution in [2.24, 2.45) is 11.0 Å². The second-order valence-corrected chi connectivity index (χ2v) is 8.46. The lowest BCUT2D eigenvalue weighted by Crippen LogP contribution is -2.47. The molecule has 8 heteroatoms. The zero-order valence-corrected chi connectivity index (χ0v) is 18.6. The molecule has 33 heavy (non-hydrogen) atoms. The molecule has 170 valence electrons. The number of hydrogen-bond donors (Lipinski definition) is 0. The Morgan fingerprint density at radius 1 is 0.970 bits per heavy atom. The molecular weight excluding hydrogens is 422 g/mol. The molecule has 0 saturated heterocycles. The van der Waals surface area contributed by atoms with Gasteiger partial charge in [-0.2, -0.15) is 5.10 Å². The fourth-order valence-corrected chi connectivity index (χ4v) is 4.02. The van der Waals surface area contributed by atoms with Crippen molar-refractivity contribution >= 4 is 29.4 Å². The Morgan fingerprint density at radius 2 is 1.58 bits per heavy atom. The SMILES string of the molecule is CC(C)C[C@H](C(=O)OCC(=O)N1CCC(c2ccccc2)=N1)N1C(=O)c2ccccc2C1=O. The van der Waals surface area contributed by atoms with E-state index in [-0.39, 0.29) is 23.5 Å². The molecule has 8 nitrogen and oxygen atoms in total. The first kappa shape index (κ1) is 22.4. The molecular formula is C25H25N3O5. The van der Waals surface area contributed by atoms with Crippen LogP contribution in [0.25, 0.3) is 0 Å². The number of amides is 3. The molecule has 0 fully saturated rings. The summed E-state index contributed by atoms with van der Waals surface area (Å²) in [6, 6.07) is 14.9. The van der Waals surface area contributed by atoms with Gasteiger partial charge in [0.2, 0.25) is 0 Å². The fraction of sp³-hybridized carbons (Fsp3) is 0.320. The Hall–Kier alpha value is -3.81. The average Bonchev–Trinajstić information content (AvgIpc) is 3.41. The van der Waals surface area contributed by atoms with Gasteiger partial charge in [0.05, 0.1) is 23.4 Å². The zero-order chi connectivity index (χ0) is 23.5. The smallest absolute Gasteiger partial charge is 0.329 e. The zero-order valence-electron chi connectivity index (χ0n) is 18.6. The number of nitrogens with zero attached hydrogens (tertiary/aromatic N) is 3. The topological polar surface area (TPSA) is 96.3 Å². The second-order valence-electron chi connectivity index (χ2n) is 8.46. The molecule has 0 aliphatic carbocycles. The second kappa shape index (κ2) is 9.36. The number of ether oxygens (including phenoxy) is 1. The van der Waals surface area contributed by atoms with Gasteiger partial charge >= 0.3 is 5.97 Å². The van der Waals surface area contributed by atoms with E-state index in [2.05, 4.69) is 5.10 Å². The van der Waals surface area contributed by atoms with E-state index in [9.17, 15) is 19.2 Å². The first-order valence-corrected chi connectivity index (χ1v) is 10.9. The van der Waals surface area contributed by atoms with Crippen LogP contribution in [-0.2, 0) is 14.3 Å². The first-order valence-electron chi connectivity index (χ1n) is 10.9. The van der Waals surface area contributed by atoms with E-state index in [0.29, 0.717) is 13.0 Å². The molecule has 0 unspecified atom stereocenters. The van der Waals surface area contributed by atoms with Crippen LogP contribution in [0.4, 0.5) is 0 Å². The van der Waals surface area contributed by atoms with Crippen LogP contribution in [0.3, 0.4) is 0 Å². The molecule has 0 N–H and O–H groups in total. The van der Waals surface area contributed by atoms with Gasteiger partial charge in [-0.1, -0.05) is 56.3 Å². The molecule has 0 spiro atoms. The summed E-state index contributed by atoms with van der Waals surface area (Å²) in [7, 11) is 0. The third-order valence-electron chi connectivity index (χ3n) is 5.64. The van der Waals surface area contributed by atoms with Crippen LogP contribution in [0.15, 0.2) is 59.7 Å². The summed E-state index contributed by atoms with van der Waals surface area (Å²) in [6.45, 7) is 3.65. The van der Waals surface area contributed by atoms with Crippen LogP contribution in [0.5, 0.6) is 0 Å². The van der Waals surface area contributed by atoms with Gasteiger partial charge in [-0.3, -0.25) is 19.3 Å². The van der Waals surface area contributed by atoms with Crippen molar-refractivity contribution in [2.45, 2.75) is 32.7 Å². The highest BCUT2D eigenvalue weighted by Crippen LogP contribution is 2.27. The Bertz CT molecular complexity index is 1090. The minimum Gasteiger partial charge on any atom is -0.454 e. The monoisotopic (exact) mass is 447 g/mol. The van der Waals surface area contributed by atoms with E-state index in [4.69, 9.17) is 4.74 Å². The first-order chi connectivity index (χ1) is 15.9.